The molecule has 7 nitrogen and oxygen atoms in total. The summed E-state index contributed by atoms with van der Waals surface area (Å²) in [5.74, 6) is -1.94. The molecule has 0 saturated carbocycles. The number of methoxy groups -OCH3 is 1. The molecule has 7 heteroatoms. The Balaban J connectivity index is 2.21. The number of carbonyl (C=O) groups excluding carboxylic acids is 2. The fraction of sp³-hybridized carbons (Fsp3) is 0.625. The van der Waals surface area contributed by atoms with Crippen LogP contribution in [0.4, 0.5) is 4.79 Å². The molecule has 2 N–H and O–H groups in total. The van der Waals surface area contributed by atoms with Crippen molar-refractivity contribution >= 4 is 18.0 Å². The Morgan fingerprint density at radius 1 is 1.47 bits per heavy atom. The van der Waals surface area contributed by atoms with Gasteiger partial charge < -0.3 is 20.1 Å². The van der Waals surface area contributed by atoms with Gasteiger partial charge in [0.05, 0.1) is 13.0 Å². The van der Waals surface area contributed by atoms with Crippen LogP contribution >= 0.6 is 0 Å². The van der Waals surface area contributed by atoms with Crippen LogP contribution in [0.5, 0.6) is 0 Å². The van der Waals surface area contributed by atoms with Crippen LogP contribution in [0.3, 0.4) is 0 Å². The summed E-state index contributed by atoms with van der Waals surface area (Å²) in [7, 11) is 1.22. The number of aliphatic carboxylic acids is 1. The Labute approximate surface area is 86.0 Å². The highest BCUT2D eigenvalue weighted by atomic mass is 16.5. The maximum Gasteiger partial charge on any atom is 0.325 e. The third kappa shape index (κ3) is 2.83. The number of ether oxygens (including phenoxy) is 1. The van der Waals surface area contributed by atoms with Gasteiger partial charge in [0.25, 0.3) is 0 Å². The van der Waals surface area contributed by atoms with Gasteiger partial charge in [0, 0.05) is 13.1 Å². The standard InChI is InChI=1S/C8H12N2O5/c1-15-6(11)2-9-8(14)10-3-5(4-10)7(12)13/h5H,2-4H2,1H3,(H,9,14)(H,12,13). The van der Waals surface area contributed by atoms with Crippen molar-refractivity contribution < 1.29 is 24.2 Å². The number of hydrogen-bond donors (Lipinski definition) is 2. The third-order valence-electron chi connectivity index (χ3n) is 2.13. The highest BCUT2D eigenvalue weighted by Crippen LogP contribution is 2.14. The lowest BCUT2D eigenvalue weighted by molar-refractivity contribution is -0.146. The van der Waals surface area contributed by atoms with E-state index in [0.29, 0.717) is 0 Å². The SMILES string of the molecule is COC(=O)CNC(=O)N1CC(C(=O)O)C1. The quantitative estimate of drug-likeness (QED) is 0.583. The van der Waals surface area contributed by atoms with Crippen molar-refractivity contribution in [1.82, 2.24) is 10.2 Å². The normalized spacial score (nSPS) is 15.4. The largest absolute Gasteiger partial charge is 0.481 e. The molecule has 1 fully saturated rings. The van der Waals surface area contributed by atoms with E-state index in [1.165, 1.54) is 12.0 Å². The molecule has 15 heavy (non-hydrogen) atoms. The van der Waals surface area contributed by atoms with Crippen LogP contribution in [0.2, 0.25) is 0 Å². The molecule has 1 heterocycles. The summed E-state index contributed by atoms with van der Waals surface area (Å²) in [6, 6.07) is -0.446. The van der Waals surface area contributed by atoms with E-state index < -0.39 is 23.9 Å². The summed E-state index contributed by atoms with van der Waals surface area (Å²) in [5.41, 5.74) is 0. The average Bonchev–Trinajstić information content (AvgIpc) is 2.11. The summed E-state index contributed by atoms with van der Waals surface area (Å²) in [6.07, 6.45) is 0. The first-order valence-electron chi connectivity index (χ1n) is 4.37. The van der Waals surface area contributed by atoms with Crippen molar-refractivity contribution in [3.05, 3.63) is 0 Å². The van der Waals surface area contributed by atoms with Gasteiger partial charge >= 0.3 is 18.0 Å². The Morgan fingerprint density at radius 2 is 2.07 bits per heavy atom. The molecule has 0 aromatic carbocycles. The zero-order chi connectivity index (χ0) is 11.4. The van der Waals surface area contributed by atoms with Gasteiger partial charge in [-0.3, -0.25) is 9.59 Å². The second-order valence-electron chi connectivity index (χ2n) is 3.17. The fourth-order valence-electron chi connectivity index (χ4n) is 1.13. The van der Waals surface area contributed by atoms with Crippen LogP contribution < -0.4 is 5.32 Å². The molecular formula is C8H12N2O5. The number of carboxylic acid groups (broad SMARTS) is 1. The zero-order valence-corrected chi connectivity index (χ0v) is 8.23. The number of hydrogen-bond acceptors (Lipinski definition) is 4. The summed E-state index contributed by atoms with van der Waals surface area (Å²) < 4.78 is 4.33. The van der Waals surface area contributed by atoms with E-state index in [-0.39, 0.29) is 19.6 Å². The number of amides is 2. The number of esters is 1. The number of nitrogens with zero attached hydrogens (tertiary/aromatic N) is 1. The second-order valence-corrected chi connectivity index (χ2v) is 3.17. The lowest BCUT2D eigenvalue weighted by Gasteiger charge is -2.36. The predicted molar refractivity (Wildman–Crippen MR) is 48.1 cm³/mol. The van der Waals surface area contributed by atoms with E-state index >= 15 is 0 Å². The number of carboxylic acids is 1. The van der Waals surface area contributed by atoms with Gasteiger partial charge in [-0.25, -0.2) is 4.79 Å². The van der Waals surface area contributed by atoms with E-state index in [1.54, 1.807) is 0 Å². The Bertz CT molecular complexity index is 285. The average molecular weight is 216 g/mol. The summed E-state index contributed by atoms with van der Waals surface area (Å²) in [4.78, 5) is 33.6. The zero-order valence-electron chi connectivity index (χ0n) is 8.23. The Kier molecular flexibility index (Phi) is 3.48. The van der Waals surface area contributed by atoms with Crippen LogP contribution in [0.15, 0.2) is 0 Å². The van der Waals surface area contributed by atoms with Crippen LogP contribution in [0.1, 0.15) is 0 Å². The monoisotopic (exact) mass is 216 g/mol. The van der Waals surface area contributed by atoms with Gasteiger partial charge in [-0.15, -0.1) is 0 Å². The van der Waals surface area contributed by atoms with Crippen molar-refractivity contribution in [3.8, 4) is 0 Å². The highest BCUT2D eigenvalue weighted by Gasteiger charge is 2.35. The van der Waals surface area contributed by atoms with Crippen molar-refractivity contribution in [2.24, 2.45) is 5.92 Å². The van der Waals surface area contributed by atoms with Crippen molar-refractivity contribution in [2.75, 3.05) is 26.7 Å². The lowest BCUT2D eigenvalue weighted by Crippen LogP contribution is -2.56. The second kappa shape index (κ2) is 4.63. The van der Waals surface area contributed by atoms with Crippen molar-refractivity contribution in [2.45, 2.75) is 0 Å². The summed E-state index contributed by atoms with van der Waals surface area (Å²) >= 11 is 0. The molecule has 0 bridgehead atoms. The molecule has 0 aromatic rings. The molecule has 0 aromatic heterocycles. The van der Waals surface area contributed by atoms with E-state index in [4.69, 9.17) is 5.11 Å². The number of urea groups is 1. The molecule has 0 aliphatic carbocycles. The molecule has 1 aliphatic rings. The first-order chi connectivity index (χ1) is 7.04. The topological polar surface area (TPSA) is 95.9 Å². The summed E-state index contributed by atoms with van der Waals surface area (Å²) in [6.45, 7) is 0.161. The van der Waals surface area contributed by atoms with Gasteiger partial charge in [-0.1, -0.05) is 0 Å². The van der Waals surface area contributed by atoms with Gasteiger partial charge in [0.2, 0.25) is 0 Å². The van der Waals surface area contributed by atoms with Crippen LogP contribution in [0, 0.1) is 5.92 Å². The number of carbonyl (C=O) groups is 3. The molecule has 1 rings (SSSR count). The fourth-order valence-corrected chi connectivity index (χ4v) is 1.13. The number of nitrogens with one attached hydrogen (secondary N) is 1. The molecule has 0 unspecified atom stereocenters. The predicted octanol–water partition coefficient (Wildman–Crippen LogP) is -1.11. The van der Waals surface area contributed by atoms with Gasteiger partial charge in [0.1, 0.15) is 6.54 Å². The molecule has 2 amide bonds. The molecule has 0 atom stereocenters. The summed E-state index contributed by atoms with van der Waals surface area (Å²) in [5, 5.41) is 10.9. The van der Waals surface area contributed by atoms with Crippen LogP contribution in [-0.4, -0.2) is 54.7 Å². The van der Waals surface area contributed by atoms with Gasteiger partial charge in [-0.2, -0.15) is 0 Å². The Hall–Kier alpha value is -1.79. The third-order valence-corrected chi connectivity index (χ3v) is 2.13. The minimum atomic E-state index is -0.910. The van der Waals surface area contributed by atoms with E-state index in [9.17, 15) is 14.4 Å². The molecule has 1 saturated heterocycles. The lowest BCUT2D eigenvalue weighted by atomic mass is 10.0. The van der Waals surface area contributed by atoms with E-state index in [1.807, 2.05) is 0 Å². The maximum absolute atomic E-state index is 11.2. The minimum Gasteiger partial charge on any atom is -0.481 e. The minimum absolute atomic E-state index is 0.183. The number of rotatable bonds is 3. The maximum atomic E-state index is 11.2. The van der Waals surface area contributed by atoms with Gasteiger partial charge in [-0.05, 0) is 0 Å². The molecular weight excluding hydrogens is 204 g/mol. The molecule has 0 radical (unpaired) electrons. The first-order valence-corrected chi connectivity index (χ1v) is 4.37. The molecule has 0 spiro atoms. The van der Waals surface area contributed by atoms with Gasteiger partial charge in [0.15, 0.2) is 0 Å². The molecule has 1 aliphatic heterocycles. The first kappa shape index (κ1) is 11.3. The van der Waals surface area contributed by atoms with Crippen molar-refractivity contribution in [3.63, 3.8) is 0 Å². The smallest absolute Gasteiger partial charge is 0.325 e. The Morgan fingerprint density at radius 3 is 2.53 bits per heavy atom. The highest BCUT2D eigenvalue weighted by molar-refractivity contribution is 5.83. The van der Waals surface area contributed by atoms with E-state index in [2.05, 4.69) is 10.1 Å². The van der Waals surface area contributed by atoms with Crippen LogP contribution in [0.25, 0.3) is 0 Å². The van der Waals surface area contributed by atoms with Crippen molar-refractivity contribution in [1.29, 1.82) is 0 Å². The number of likely N-dealkylation sites (tertiary alicyclic amines) is 1. The van der Waals surface area contributed by atoms with E-state index in [0.717, 1.165) is 0 Å². The molecule has 84 valence electrons. The van der Waals surface area contributed by atoms with Crippen LogP contribution in [-0.2, 0) is 14.3 Å².